The number of carboxylic acids is 1. The summed E-state index contributed by atoms with van der Waals surface area (Å²) in [4.78, 5) is 28.7. The second kappa shape index (κ2) is 15.9. The molecular formula is C27H38ClN3O5. The van der Waals surface area contributed by atoms with E-state index in [4.69, 9.17) is 11.6 Å². The molecule has 2 heterocycles. The molecule has 36 heavy (non-hydrogen) atoms. The first-order valence-electron chi connectivity index (χ1n) is 12.2. The van der Waals surface area contributed by atoms with Gasteiger partial charge >= 0.3 is 5.97 Å². The van der Waals surface area contributed by atoms with Crippen molar-refractivity contribution in [3.8, 4) is 0 Å². The van der Waals surface area contributed by atoms with E-state index < -0.39 is 17.0 Å². The molecule has 4 N–H and O–H groups in total. The van der Waals surface area contributed by atoms with E-state index in [9.17, 15) is 24.9 Å². The molecule has 2 aromatic heterocycles. The van der Waals surface area contributed by atoms with Crippen molar-refractivity contribution in [2.45, 2.75) is 54.0 Å². The van der Waals surface area contributed by atoms with Gasteiger partial charge in [-0.2, -0.15) is 0 Å². The third kappa shape index (κ3) is 8.93. The lowest BCUT2D eigenvalue weighted by atomic mass is 10.0. The minimum absolute atomic E-state index is 0.0805. The summed E-state index contributed by atoms with van der Waals surface area (Å²) < 4.78 is 1.44. The smallest absolute Gasteiger partial charge is 0.341 e. The largest absolute Gasteiger partial charge is 0.477 e. The van der Waals surface area contributed by atoms with Crippen molar-refractivity contribution in [2.75, 3.05) is 25.1 Å². The van der Waals surface area contributed by atoms with Crippen molar-refractivity contribution in [2.24, 2.45) is 5.92 Å². The van der Waals surface area contributed by atoms with Crippen LogP contribution in [-0.4, -0.2) is 50.6 Å². The van der Waals surface area contributed by atoms with Gasteiger partial charge in [0.05, 0.1) is 18.6 Å². The highest BCUT2D eigenvalue weighted by atomic mass is 35.5. The molecule has 0 aliphatic heterocycles. The summed E-state index contributed by atoms with van der Waals surface area (Å²) in [5, 5.41) is 31.6. The van der Waals surface area contributed by atoms with Gasteiger partial charge in [0.15, 0.2) is 0 Å². The molecule has 0 unspecified atom stereocenters. The number of hydrogen-bond acceptors (Lipinski definition) is 6. The van der Waals surface area contributed by atoms with E-state index in [0.29, 0.717) is 22.8 Å². The van der Waals surface area contributed by atoms with Crippen LogP contribution in [0.15, 0.2) is 41.3 Å². The zero-order valence-electron chi connectivity index (χ0n) is 21.7. The molecule has 1 aromatic carbocycles. The molecule has 0 fully saturated rings. The Morgan fingerprint density at radius 3 is 2.36 bits per heavy atom. The molecule has 0 bridgehead atoms. The Morgan fingerprint density at radius 1 is 1.17 bits per heavy atom. The third-order valence-corrected chi connectivity index (χ3v) is 5.44. The first-order chi connectivity index (χ1) is 17.2. The predicted molar refractivity (Wildman–Crippen MR) is 146 cm³/mol. The molecule has 0 saturated heterocycles. The van der Waals surface area contributed by atoms with Gasteiger partial charge in [0, 0.05) is 30.7 Å². The fraction of sp³-hybridized carbons (Fsp3) is 0.444. The molecule has 3 aromatic rings. The number of carboxylic acid groups (broad SMARTS) is 1. The number of rotatable bonds is 9. The highest BCUT2D eigenvalue weighted by Crippen LogP contribution is 2.23. The van der Waals surface area contributed by atoms with E-state index in [1.807, 2.05) is 26.0 Å². The number of hydrogen-bond donors (Lipinski definition) is 4. The molecule has 198 valence electrons. The molecule has 0 radical (unpaired) electrons. The molecule has 0 amide bonds. The first kappa shape index (κ1) is 31.1. The van der Waals surface area contributed by atoms with Gasteiger partial charge in [0.2, 0.25) is 5.43 Å². The van der Waals surface area contributed by atoms with Crippen LogP contribution in [0, 0.1) is 5.92 Å². The number of aromatic nitrogens is 2. The van der Waals surface area contributed by atoms with Gasteiger partial charge in [-0.15, -0.1) is 0 Å². The molecule has 0 atom stereocenters. The minimum atomic E-state index is -1.34. The third-order valence-electron chi connectivity index (χ3n) is 5.20. The Balaban J connectivity index is 0.000000826. The summed E-state index contributed by atoms with van der Waals surface area (Å²) in [5.74, 6) is -0.00171. The number of carbonyl (C=O) groups is 1. The maximum Gasteiger partial charge on any atom is 0.341 e. The van der Waals surface area contributed by atoms with Gasteiger partial charge < -0.3 is 25.2 Å². The second-order valence-corrected chi connectivity index (χ2v) is 8.66. The SMILES string of the molecule is CC.CCC(C)C.O=C(O)c1cn(CCO)c2nc(NCCO)c(Cc3cccc(Cl)c3)cc2c1=O. The summed E-state index contributed by atoms with van der Waals surface area (Å²) in [7, 11) is 0. The molecule has 3 rings (SSSR count). The van der Waals surface area contributed by atoms with Crippen LogP contribution in [0.3, 0.4) is 0 Å². The lowest BCUT2D eigenvalue weighted by Gasteiger charge is -2.16. The van der Waals surface area contributed by atoms with Gasteiger partial charge in [-0.25, -0.2) is 9.78 Å². The van der Waals surface area contributed by atoms with E-state index in [2.05, 4.69) is 31.1 Å². The fourth-order valence-corrected chi connectivity index (χ4v) is 3.32. The Labute approximate surface area is 217 Å². The zero-order valence-corrected chi connectivity index (χ0v) is 22.5. The van der Waals surface area contributed by atoms with Crippen LogP contribution in [0.2, 0.25) is 5.02 Å². The number of halogens is 1. The predicted octanol–water partition coefficient (Wildman–Crippen LogP) is 4.81. The number of aliphatic hydroxyl groups is 2. The zero-order chi connectivity index (χ0) is 27.3. The van der Waals surface area contributed by atoms with Gasteiger partial charge in [0.1, 0.15) is 17.0 Å². The fourth-order valence-electron chi connectivity index (χ4n) is 3.11. The molecule has 0 spiro atoms. The van der Waals surface area contributed by atoms with Crippen LogP contribution in [0.25, 0.3) is 11.0 Å². The van der Waals surface area contributed by atoms with E-state index in [1.165, 1.54) is 17.2 Å². The monoisotopic (exact) mass is 519 g/mol. The Kier molecular flexibility index (Phi) is 13.8. The number of aliphatic hydroxyl groups excluding tert-OH is 2. The van der Waals surface area contributed by atoms with Gasteiger partial charge in [0.25, 0.3) is 0 Å². The normalized spacial score (nSPS) is 10.4. The average Bonchev–Trinajstić information content (AvgIpc) is 2.86. The molecular weight excluding hydrogens is 482 g/mol. The van der Waals surface area contributed by atoms with E-state index in [-0.39, 0.29) is 37.3 Å². The number of nitrogens with one attached hydrogen (secondary N) is 1. The van der Waals surface area contributed by atoms with E-state index in [0.717, 1.165) is 11.5 Å². The van der Waals surface area contributed by atoms with Crippen LogP contribution < -0.4 is 10.7 Å². The van der Waals surface area contributed by atoms with E-state index >= 15 is 0 Å². The quantitative estimate of drug-likeness (QED) is 0.319. The topological polar surface area (TPSA) is 125 Å². The number of aromatic carboxylic acids is 1. The van der Waals surface area contributed by atoms with Crippen molar-refractivity contribution in [1.29, 1.82) is 0 Å². The minimum Gasteiger partial charge on any atom is -0.477 e. The Bertz CT molecular complexity index is 1180. The van der Waals surface area contributed by atoms with Crippen LogP contribution >= 0.6 is 11.6 Å². The maximum absolute atomic E-state index is 12.7. The summed E-state index contributed by atoms with van der Waals surface area (Å²) in [6.45, 7) is 10.6. The van der Waals surface area contributed by atoms with Crippen LogP contribution in [0.1, 0.15) is 62.5 Å². The maximum atomic E-state index is 12.7. The molecule has 9 heteroatoms. The van der Waals surface area contributed by atoms with Crippen LogP contribution in [0.4, 0.5) is 5.82 Å². The number of pyridine rings is 2. The van der Waals surface area contributed by atoms with Crippen LogP contribution in [-0.2, 0) is 13.0 Å². The highest BCUT2D eigenvalue weighted by Gasteiger charge is 2.18. The van der Waals surface area contributed by atoms with Crippen molar-refractivity contribution in [3.05, 3.63) is 68.5 Å². The van der Waals surface area contributed by atoms with Crippen molar-refractivity contribution in [1.82, 2.24) is 9.55 Å². The summed E-state index contributed by atoms with van der Waals surface area (Å²) in [6, 6.07) is 8.83. The van der Waals surface area contributed by atoms with E-state index in [1.54, 1.807) is 18.2 Å². The van der Waals surface area contributed by atoms with Crippen molar-refractivity contribution >= 4 is 34.4 Å². The first-order valence-corrected chi connectivity index (χ1v) is 12.6. The summed E-state index contributed by atoms with van der Waals surface area (Å²) in [6.07, 6.45) is 2.89. The molecule has 0 aliphatic rings. The second-order valence-electron chi connectivity index (χ2n) is 8.22. The van der Waals surface area contributed by atoms with Gasteiger partial charge in [-0.3, -0.25) is 4.79 Å². The van der Waals surface area contributed by atoms with Gasteiger partial charge in [-0.1, -0.05) is 64.8 Å². The lowest BCUT2D eigenvalue weighted by molar-refractivity contribution is 0.0694. The lowest BCUT2D eigenvalue weighted by Crippen LogP contribution is -2.21. The Morgan fingerprint density at radius 2 is 1.83 bits per heavy atom. The van der Waals surface area contributed by atoms with Gasteiger partial charge in [-0.05, 0) is 35.2 Å². The number of nitrogens with zero attached hydrogens (tertiary/aromatic N) is 2. The number of benzene rings is 1. The number of anilines is 1. The van der Waals surface area contributed by atoms with Crippen LogP contribution in [0.5, 0.6) is 0 Å². The summed E-state index contributed by atoms with van der Waals surface area (Å²) in [5.41, 5.74) is 0.760. The number of fused-ring (bicyclic) bond motifs is 1. The average molecular weight is 520 g/mol. The summed E-state index contributed by atoms with van der Waals surface area (Å²) >= 11 is 6.06. The standard InChI is InChI=1S/C20H20ClN3O5.C5H12.C2H6/c21-14-3-1-2-12(9-14)8-13-10-15-17(27)16(20(28)29)11-24(5-7-26)19(15)23-18(13)22-4-6-25;1-4-5(2)3;1-2/h1-3,9-11,25-26H,4-8H2,(H,22,23)(H,28,29);5H,4H2,1-3H3;1-2H3. The molecule has 8 nitrogen and oxygen atoms in total. The Hall–Kier alpha value is -2.94. The molecule has 0 saturated carbocycles. The molecule has 0 aliphatic carbocycles. The van der Waals surface area contributed by atoms with Crippen molar-refractivity contribution in [3.63, 3.8) is 0 Å². The van der Waals surface area contributed by atoms with Crippen molar-refractivity contribution < 1.29 is 20.1 Å². The highest BCUT2D eigenvalue weighted by molar-refractivity contribution is 6.30.